The van der Waals surface area contributed by atoms with E-state index >= 15 is 0 Å². The predicted octanol–water partition coefficient (Wildman–Crippen LogP) is 2.88. The van der Waals surface area contributed by atoms with E-state index in [9.17, 15) is 5.11 Å². The number of rotatable bonds is 2. The molecule has 0 saturated heterocycles. The lowest BCUT2D eigenvalue weighted by atomic mass is 9.94. The van der Waals surface area contributed by atoms with E-state index in [1.165, 1.54) is 24.0 Å². The quantitative estimate of drug-likeness (QED) is 0.920. The molecule has 0 bridgehead atoms. The van der Waals surface area contributed by atoms with Crippen LogP contribution in [0.15, 0.2) is 36.7 Å². The van der Waals surface area contributed by atoms with E-state index in [0.29, 0.717) is 12.5 Å². The molecule has 0 unspecified atom stereocenters. The monoisotopic (exact) mass is 280 g/mol. The second kappa shape index (κ2) is 5.23. The molecule has 4 rings (SSSR count). The highest BCUT2D eigenvalue weighted by atomic mass is 16.3. The van der Waals surface area contributed by atoms with Crippen LogP contribution in [0.2, 0.25) is 0 Å². The summed E-state index contributed by atoms with van der Waals surface area (Å²) in [6.07, 6.45) is 8.46. The van der Waals surface area contributed by atoms with Gasteiger partial charge in [-0.3, -0.25) is 9.97 Å². The summed E-state index contributed by atoms with van der Waals surface area (Å²) in [7, 11) is 0. The highest BCUT2D eigenvalue weighted by Crippen LogP contribution is 2.52. The Kier molecular flexibility index (Phi) is 3.23. The number of hydrogen-bond donors (Lipinski definition) is 1. The van der Waals surface area contributed by atoms with Gasteiger partial charge < -0.3 is 5.11 Å². The second-order valence-electron chi connectivity index (χ2n) is 6.30. The smallest absolute Gasteiger partial charge is 0.0889 e. The van der Waals surface area contributed by atoms with E-state index in [4.69, 9.17) is 0 Å². The van der Waals surface area contributed by atoms with Crippen LogP contribution in [-0.2, 0) is 12.8 Å². The van der Waals surface area contributed by atoms with Gasteiger partial charge in [0, 0.05) is 19.0 Å². The van der Waals surface area contributed by atoms with E-state index in [-0.39, 0.29) is 0 Å². The van der Waals surface area contributed by atoms with E-state index in [1.54, 1.807) is 0 Å². The Bertz CT molecular complexity index is 641. The SMILES string of the molecule is OC[C@H]1[C@H]2CCc3cc(-c4ccccn4)ncc3CC[C@@H]12. The van der Waals surface area contributed by atoms with Crippen molar-refractivity contribution in [3.63, 3.8) is 0 Å². The van der Waals surface area contributed by atoms with Crippen LogP contribution in [0.25, 0.3) is 11.4 Å². The lowest BCUT2D eigenvalue weighted by Gasteiger charge is -2.13. The Labute approximate surface area is 125 Å². The first kappa shape index (κ1) is 13.0. The molecule has 0 amide bonds. The van der Waals surface area contributed by atoms with Gasteiger partial charge in [-0.1, -0.05) is 6.07 Å². The highest BCUT2D eigenvalue weighted by molar-refractivity contribution is 5.55. The zero-order valence-corrected chi connectivity index (χ0v) is 12.1. The number of pyridine rings is 2. The molecular weight excluding hydrogens is 260 g/mol. The Morgan fingerprint density at radius 1 is 1.00 bits per heavy atom. The summed E-state index contributed by atoms with van der Waals surface area (Å²) in [5, 5.41) is 9.41. The first-order valence-electron chi connectivity index (χ1n) is 7.87. The molecule has 1 N–H and O–H groups in total. The van der Waals surface area contributed by atoms with Crippen molar-refractivity contribution in [3.05, 3.63) is 47.8 Å². The molecule has 3 nitrogen and oxygen atoms in total. The number of fused-ring (bicyclic) bond motifs is 2. The Hall–Kier alpha value is -1.74. The van der Waals surface area contributed by atoms with Crippen molar-refractivity contribution in [2.45, 2.75) is 25.7 Å². The molecule has 2 aliphatic carbocycles. The number of hydrogen-bond acceptors (Lipinski definition) is 3. The molecular formula is C18H20N2O. The van der Waals surface area contributed by atoms with Crippen LogP contribution < -0.4 is 0 Å². The normalized spacial score (nSPS) is 27.2. The third-order valence-electron chi connectivity index (χ3n) is 5.22. The zero-order chi connectivity index (χ0) is 14.2. The van der Waals surface area contributed by atoms with Crippen LogP contribution in [0.3, 0.4) is 0 Å². The molecule has 2 aliphatic rings. The van der Waals surface area contributed by atoms with Gasteiger partial charge in [0.2, 0.25) is 0 Å². The molecule has 3 atom stereocenters. The maximum atomic E-state index is 9.41. The number of aliphatic hydroxyl groups is 1. The van der Waals surface area contributed by atoms with Gasteiger partial charge in [-0.2, -0.15) is 0 Å². The van der Waals surface area contributed by atoms with Crippen LogP contribution in [0.4, 0.5) is 0 Å². The molecule has 2 heterocycles. The summed E-state index contributed by atoms with van der Waals surface area (Å²) in [5.41, 5.74) is 4.73. The van der Waals surface area contributed by atoms with E-state index in [2.05, 4.69) is 16.0 Å². The van der Waals surface area contributed by atoms with Gasteiger partial charge in [-0.15, -0.1) is 0 Å². The summed E-state index contributed by atoms with van der Waals surface area (Å²) in [6.45, 7) is 0.364. The fourth-order valence-corrected chi connectivity index (χ4v) is 3.93. The molecule has 2 aromatic rings. The summed E-state index contributed by atoms with van der Waals surface area (Å²) >= 11 is 0. The van der Waals surface area contributed by atoms with Gasteiger partial charge in [0.05, 0.1) is 11.4 Å². The number of nitrogens with zero attached hydrogens (tertiary/aromatic N) is 2. The predicted molar refractivity (Wildman–Crippen MR) is 81.7 cm³/mol. The molecule has 21 heavy (non-hydrogen) atoms. The molecule has 2 aromatic heterocycles. The van der Waals surface area contributed by atoms with Crippen molar-refractivity contribution in [2.24, 2.45) is 17.8 Å². The maximum absolute atomic E-state index is 9.41. The summed E-state index contributed by atoms with van der Waals surface area (Å²) < 4.78 is 0. The maximum Gasteiger partial charge on any atom is 0.0889 e. The van der Waals surface area contributed by atoms with Crippen molar-refractivity contribution in [1.82, 2.24) is 9.97 Å². The van der Waals surface area contributed by atoms with Crippen molar-refractivity contribution >= 4 is 0 Å². The minimum absolute atomic E-state index is 0.364. The topological polar surface area (TPSA) is 46.0 Å². The van der Waals surface area contributed by atoms with Crippen molar-refractivity contribution in [1.29, 1.82) is 0 Å². The summed E-state index contributed by atoms with van der Waals surface area (Å²) in [4.78, 5) is 8.99. The number of aromatic nitrogens is 2. The fourth-order valence-electron chi connectivity index (χ4n) is 3.93. The lowest BCUT2D eigenvalue weighted by molar-refractivity contribution is 0.262. The second-order valence-corrected chi connectivity index (χ2v) is 6.30. The van der Waals surface area contributed by atoms with Gasteiger partial charge in [-0.05, 0) is 72.8 Å². The van der Waals surface area contributed by atoms with Gasteiger partial charge in [0.1, 0.15) is 0 Å². The van der Waals surface area contributed by atoms with Crippen LogP contribution in [0.5, 0.6) is 0 Å². The molecule has 0 radical (unpaired) electrons. The molecule has 0 aromatic carbocycles. The third kappa shape index (κ3) is 2.36. The van der Waals surface area contributed by atoms with E-state index in [1.807, 2.05) is 30.6 Å². The van der Waals surface area contributed by atoms with Crippen molar-refractivity contribution < 1.29 is 5.11 Å². The molecule has 3 heteroatoms. The highest BCUT2D eigenvalue weighted by Gasteiger charge is 2.48. The molecule has 0 aliphatic heterocycles. The first-order chi connectivity index (χ1) is 10.4. The van der Waals surface area contributed by atoms with Crippen molar-refractivity contribution in [2.75, 3.05) is 6.61 Å². The van der Waals surface area contributed by atoms with E-state index in [0.717, 1.165) is 36.1 Å². The van der Waals surface area contributed by atoms with Crippen LogP contribution in [0.1, 0.15) is 24.0 Å². The molecule has 108 valence electrons. The van der Waals surface area contributed by atoms with Gasteiger partial charge in [-0.25, -0.2) is 0 Å². The van der Waals surface area contributed by atoms with E-state index < -0.39 is 0 Å². The van der Waals surface area contributed by atoms with Gasteiger partial charge in [0.15, 0.2) is 0 Å². The molecule has 1 saturated carbocycles. The largest absolute Gasteiger partial charge is 0.396 e. The molecule has 0 spiro atoms. The van der Waals surface area contributed by atoms with Crippen molar-refractivity contribution in [3.8, 4) is 11.4 Å². The first-order valence-corrected chi connectivity index (χ1v) is 7.87. The number of aliphatic hydroxyl groups excluding tert-OH is 1. The average molecular weight is 280 g/mol. The minimum Gasteiger partial charge on any atom is -0.396 e. The van der Waals surface area contributed by atoms with Crippen LogP contribution in [-0.4, -0.2) is 21.7 Å². The fraction of sp³-hybridized carbons (Fsp3) is 0.444. The third-order valence-corrected chi connectivity index (χ3v) is 5.22. The molecule has 1 fully saturated rings. The average Bonchev–Trinajstić information content (AvgIpc) is 3.20. The van der Waals surface area contributed by atoms with Crippen LogP contribution in [0, 0.1) is 17.8 Å². The Morgan fingerprint density at radius 3 is 2.52 bits per heavy atom. The Morgan fingerprint density at radius 2 is 1.81 bits per heavy atom. The van der Waals surface area contributed by atoms with Gasteiger partial charge >= 0.3 is 0 Å². The standard InChI is InChI=1S/C18H20N2O/c21-11-16-14-6-4-12-9-18(17-3-1-2-8-19-17)20-10-13(12)5-7-15(14)16/h1-3,8-10,14-16,21H,4-7,11H2/t14-,15+,16-/m0/s1. The summed E-state index contributed by atoms with van der Waals surface area (Å²) in [5.74, 6) is 2.05. The zero-order valence-electron chi connectivity index (χ0n) is 12.1. The Balaban J connectivity index is 1.61. The minimum atomic E-state index is 0.364. The number of aryl methyl sites for hydroxylation is 2. The lowest BCUT2D eigenvalue weighted by Crippen LogP contribution is -2.03. The van der Waals surface area contributed by atoms with Gasteiger partial charge in [0.25, 0.3) is 0 Å². The van der Waals surface area contributed by atoms with Crippen LogP contribution >= 0.6 is 0 Å². The summed E-state index contributed by atoms with van der Waals surface area (Å²) in [6, 6.07) is 8.16.